The van der Waals surface area contributed by atoms with Gasteiger partial charge in [0.2, 0.25) is 11.7 Å². The number of aromatic nitrogens is 2. The maximum absolute atomic E-state index is 6.03. The number of hydrogen-bond acceptors (Lipinski definition) is 6. The van der Waals surface area contributed by atoms with E-state index in [-0.39, 0.29) is 12.1 Å². The number of hydrogen-bond donors (Lipinski definition) is 1. The Morgan fingerprint density at radius 3 is 2.95 bits per heavy atom. The van der Waals surface area contributed by atoms with Crippen LogP contribution >= 0.6 is 0 Å². The van der Waals surface area contributed by atoms with Gasteiger partial charge in [0.25, 0.3) is 0 Å². The molecule has 6 nitrogen and oxygen atoms in total. The smallest absolute Gasteiger partial charge is 0.243 e. The third kappa shape index (κ3) is 3.00. The molecule has 0 spiro atoms. The maximum Gasteiger partial charge on any atom is 0.243 e. The van der Waals surface area contributed by atoms with E-state index >= 15 is 0 Å². The summed E-state index contributed by atoms with van der Waals surface area (Å²) in [6.07, 6.45) is 2.60. The van der Waals surface area contributed by atoms with Crippen molar-refractivity contribution in [1.82, 2.24) is 10.1 Å². The molecule has 0 aliphatic carbocycles. The monoisotopic (exact) mass is 289 g/mol. The summed E-state index contributed by atoms with van der Waals surface area (Å²) in [5, 5.41) is 3.97. The van der Waals surface area contributed by atoms with Crippen LogP contribution in [-0.2, 0) is 0 Å². The fourth-order valence-electron chi connectivity index (χ4n) is 2.22. The largest absolute Gasteiger partial charge is 0.485 e. The van der Waals surface area contributed by atoms with Crippen molar-refractivity contribution in [2.24, 2.45) is 5.73 Å². The Hall–Kier alpha value is -2.08. The van der Waals surface area contributed by atoms with Crippen LogP contribution in [0.25, 0.3) is 0 Å². The van der Waals surface area contributed by atoms with Gasteiger partial charge in [-0.1, -0.05) is 37.1 Å². The molecule has 0 saturated carbocycles. The second kappa shape index (κ2) is 6.13. The summed E-state index contributed by atoms with van der Waals surface area (Å²) in [5.41, 5.74) is 6.03. The fourth-order valence-corrected chi connectivity index (χ4v) is 2.22. The summed E-state index contributed by atoms with van der Waals surface area (Å²) >= 11 is 0. The number of benzene rings is 1. The lowest BCUT2D eigenvalue weighted by Crippen LogP contribution is -2.22. The van der Waals surface area contributed by atoms with Crippen LogP contribution in [0, 0.1) is 0 Å². The zero-order valence-corrected chi connectivity index (χ0v) is 12.0. The Kier molecular flexibility index (Phi) is 4.06. The fraction of sp³-hybridized carbons (Fsp3) is 0.467. The second-order valence-electron chi connectivity index (χ2n) is 5.10. The minimum absolute atomic E-state index is 0.219. The minimum atomic E-state index is -0.365. The van der Waals surface area contributed by atoms with Crippen molar-refractivity contribution in [3.05, 3.63) is 36.0 Å². The van der Waals surface area contributed by atoms with E-state index in [1.54, 1.807) is 0 Å². The molecular formula is C15H19N3O3. The SMILES string of the molecule is CCCCC(N)c1nc(C2COc3ccccc3O2)no1. The number of nitrogens with zero attached hydrogens (tertiary/aromatic N) is 2. The molecule has 1 aliphatic heterocycles. The van der Waals surface area contributed by atoms with Gasteiger partial charge in [-0.05, 0) is 18.6 Å². The van der Waals surface area contributed by atoms with Crippen molar-refractivity contribution >= 4 is 0 Å². The first-order valence-corrected chi connectivity index (χ1v) is 7.25. The Morgan fingerprint density at radius 2 is 2.14 bits per heavy atom. The number of unbranched alkanes of at least 4 members (excludes halogenated alkanes) is 1. The standard InChI is InChI=1S/C15H19N3O3/c1-2-3-6-10(16)15-17-14(18-21-15)13-9-19-11-7-4-5-8-12(11)20-13/h4-5,7-8,10,13H,2-3,6,9,16H2,1H3. The molecule has 2 aromatic rings. The average molecular weight is 289 g/mol. The average Bonchev–Trinajstić information content (AvgIpc) is 3.02. The van der Waals surface area contributed by atoms with Crippen LogP contribution in [-0.4, -0.2) is 16.7 Å². The molecule has 112 valence electrons. The van der Waals surface area contributed by atoms with E-state index in [9.17, 15) is 0 Å². The van der Waals surface area contributed by atoms with Crippen LogP contribution in [0.2, 0.25) is 0 Å². The second-order valence-corrected chi connectivity index (χ2v) is 5.10. The Morgan fingerprint density at radius 1 is 1.33 bits per heavy atom. The molecule has 2 unspecified atom stereocenters. The summed E-state index contributed by atoms with van der Waals surface area (Å²) in [6.45, 7) is 2.48. The van der Waals surface area contributed by atoms with Crippen LogP contribution in [0.5, 0.6) is 11.5 Å². The molecule has 1 aliphatic rings. The zero-order valence-electron chi connectivity index (χ0n) is 12.0. The van der Waals surface area contributed by atoms with Crippen LogP contribution in [0.3, 0.4) is 0 Å². The van der Waals surface area contributed by atoms with Gasteiger partial charge in [-0.3, -0.25) is 0 Å². The highest BCUT2D eigenvalue weighted by Crippen LogP contribution is 2.35. The molecule has 0 amide bonds. The summed E-state index contributed by atoms with van der Waals surface area (Å²) in [7, 11) is 0. The van der Waals surface area contributed by atoms with E-state index in [1.165, 1.54) is 0 Å². The van der Waals surface area contributed by atoms with Gasteiger partial charge in [0.1, 0.15) is 6.61 Å². The minimum Gasteiger partial charge on any atom is -0.485 e. The highest BCUT2D eigenvalue weighted by atomic mass is 16.6. The highest BCUT2D eigenvalue weighted by molar-refractivity contribution is 5.40. The molecule has 2 N–H and O–H groups in total. The molecule has 0 fully saturated rings. The molecule has 0 saturated heterocycles. The van der Waals surface area contributed by atoms with Crippen LogP contribution in [0.15, 0.2) is 28.8 Å². The number of ether oxygens (including phenoxy) is 2. The van der Waals surface area contributed by atoms with Gasteiger partial charge < -0.3 is 19.7 Å². The first-order chi connectivity index (χ1) is 10.3. The van der Waals surface area contributed by atoms with Crippen molar-refractivity contribution in [2.75, 3.05) is 6.61 Å². The van der Waals surface area contributed by atoms with Gasteiger partial charge in [-0.25, -0.2) is 0 Å². The Bertz CT molecular complexity index is 599. The Labute approximate surface area is 123 Å². The first kappa shape index (κ1) is 13.9. The summed E-state index contributed by atoms with van der Waals surface area (Å²) in [5.74, 6) is 2.36. The number of nitrogens with two attached hydrogens (primary N) is 1. The third-order valence-electron chi connectivity index (χ3n) is 3.44. The number of fused-ring (bicyclic) bond motifs is 1. The van der Waals surface area contributed by atoms with E-state index in [0.29, 0.717) is 24.1 Å². The van der Waals surface area contributed by atoms with Gasteiger partial charge in [-0.2, -0.15) is 4.98 Å². The van der Waals surface area contributed by atoms with Gasteiger partial charge in [0, 0.05) is 0 Å². The molecule has 6 heteroatoms. The molecule has 21 heavy (non-hydrogen) atoms. The van der Waals surface area contributed by atoms with Crippen molar-refractivity contribution in [3.8, 4) is 11.5 Å². The summed E-state index contributed by atoms with van der Waals surface area (Å²) < 4.78 is 16.7. The molecule has 0 radical (unpaired) electrons. The summed E-state index contributed by atoms with van der Waals surface area (Å²) in [6, 6.07) is 7.31. The number of rotatable bonds is 5. The van der Waals surface area contributed by atoms with E-state index in [1.807, 2.05) is 24.3 Å². The molecule has 2 atom stereocenters. The quantitative estimate of drug-likeness (QED) is 0.911. The van der Waals surface area contributed by atoms with E-state index in [0.717, 1.165) is 25.0 Å². The molecule has 1 aromatic heterocycles. The van der Waals surface area contributed by atoms with Crippen molar-refractivity contribution in [1.29, 1.82) is 0 Å². The maximum atomic E-state index is 6.03. The van der Waals surface area contributed by atoms with Crippen LogP contribution < -0.4 is 15.2 Å². The van der Waals surface area contributed by atoms with E-state index < -0.39 is 0 Å². The lowest BCUT2D eigenvalue weighted by Gasteiger charge is -2.24. The highest BCUT2D eigenvalue weighted by Gasteiger charge is 2.27. The molecular weight excluding hydrogens is 270 g/mol. The lowest BCUT2D eigenvalue weighted by atomic mass is 10.1. The molecule has 3 rings (SSSR count). The van der Waals surface area contributed by atoms with E-state index in [4.69, 9.17) is 19.7 Å². The van der Waals surface area contributed by atoms with Gasteiger partial charge in [0.15, 0.2) is 17.6 Å². The van der Waals surface area contributed by atoms with Crippen LogP contribution in [0.1, 0.15) is 50.0 Å². The Balaban J connectivity index is 1.70. The first-order valence-electron chi connectivity index (χ1n) is 7.25. The predicted octanol–water partition coefficient (Wildman–Crippen LogP) is 2.77. The number of para-hydroxylation sites is 2. The van der Waals surface area contributed by atoms with E-state index in [2.05, 4.69) is 17.1 Å². The molecule has 2 heterocycles. The van der Waals surface area contributed by atoms with Crippen molar-refractivity contribution in [3.63, 3.8) is 0 Å². The van der Waals surface area contributed by atoms with Gasteiger partial charge in [0.05, 0.1) is 6.04 Å². The molecule has 0 bridgehead atoms. The van der Waals surface area contributed by atoms with Crippen molar-refractivity contribution in [2.45, 2.75) is 38.3 Å². The third-order valence-corrected chi connectivity index (χ3v) is 3.44. The zero-order chi connectivity index (χ0) is 14.7. The predicted molar refractivity (Wildman–Crippen MR) is 76.1 cm³/mol. The normalized spacial score (nSPS) is 18.5. The van der Waals surface area contributed by atoms with Gasteiger partial charge in [-0.15, -0.1) is 0 Å². The lowest BCUT2D eigenvalue weighted by molar-refractivity contribution is 0.0832. The van der Waals surface area contributed by atoms with Crippen LogP contribution in [0.4, 0.5) is 0 Å². The van der Waals surface area contributed by atoms with Gasteiger partial charge >= 0.3 is 0 Å². The van der Waals surface area contributed by atoms with Crippen molar-refractivity contribution < 1.29 is 14.0 Å². The molecule has 1 aromatic carbocycles. The summed E-state index contributed by atoms with van der Waals surface area (Å²) in [4.78, 5) is 4.35. The topological polar surface area (TPSA) is 83.4 Å².